The minimum Gasteiger partial charge on any atom is -0.481 e. The Balaban J connectivity index is 3.25. The summed E-state index contributed by atoms with van der Waals surface area (Å²) in [7, 11) is 0. The SMILES string of the molecule is [2H]OC(=O)CCCCCCC/C=C\C/C=C\C/C=C\CC. The highest BCUT2D eigenvalue weighted by molar-refractivity contribution is 5.66. The van der Waals surface area contributed by atoms with Crippen molar-refractivity contribution in [2.45, 2.75) is 71.1 Å². The Labute approximate surface area is 125 Å². The molecule has 0 bridgehead atoms. The van der Waals surface area contributed by atoms with Crippen molar-refractivity contribution in [3.63, 3.8) is 0 Å². The van der Waals surface area contributed by atoms with Gasteiger partial charge in [0.25, 0.3) is 1.43 Å². The topological polar surface area (TPSA) is 37.3 Å². The van der Waals surface area contributed by atoms with E-state index < -0.39 is 5.97 Å². The van der Waals surface area contributed by atoms with Gasteiger partial charge in [-0.2, -0.15) is 0 Å². The Morgan fingerprint density at radius 2 is 1.50 bits per heavy atom. The van der Waals surface area contributed by atoms with Gasteiger partial charge in [0, 0.05) is 6.42 Å². The summed E-state index contributed by atoms with van der Waals surface area (Å²) < 4.78 is 6.43. The molecule has 0 rings (SSSR count). The Kier molecular flexibility index (Phi) is 13.2. The number of carboxylic acid groups (broad SMARTS) is 1. The molecule has 0 atom stereocenters. The number of carbonyl (C=O) groups is 1. The number of allylic oxidation sites excluding steroid dienone is 6. The van der Waals surface area contributed by atoms with E-state index >= 15 is 0 Å². The lowest BCUT2D eigenvalue weighted by molar-refractivity contribution is -0.137. The van der Waals surface area contributed by atoms with Gasteiger partial charge < -0.3 is 5.11 Å². The van der Waals surface area contributed by atoms with Gasteiger partial charge in [-0.15, -0.1) is 0 Å². The van der Waals surface area contributed by atoms with E-state index in [4.69, 9.17) is 1.43 Å². The van der Waals surface area contributed by atoms with E-state index in [1.165, 1.54) is 12.8 Å². The average molecular weight is 279 g/mol. The van der Waals surface area contributed by atoms with Crippen molar-refractivity contribution in [2.24, 2.45) is 0 Å². The first-order valence-corrected chi connectivity index (χ1v) is 7.92. The van der Waals surface area contributed by atoms with Crippen molar-refractivity contribution in [1.82, 2.24) is 0 Å². The van der Waals surface area contributed by atoms with Gasteiger partial charge in [-0.05, 0) is 38.5 Å². The fourth-order valence-electron chi connectivity index (χ4n) is 1.89. The standard InChI is InChI=1S/C18H30O2/c1-2-3-4-5-6-7-8-9-10-11-12-13-14-15-16-17-18(19)20/h3-4,6-7,9-10H,2,5,8,11-17H2,1H3,(H,19,20)/b4-3-,7-6-,10-9-/i/hD. The largest absolute Gasteiger partial charge is 0.481 e. The summed E-state index contributed by atoms with van der Waals surface area (Å²) in [5.41, 5.74) is 0. The van der Waals surface area contributed by atoms with Crippen LogP contribution in [0.15, 0.2) is 36.5 Å². The summed E-state index contributed by atoms with van der Waals surface area (Å²) in [5.74, 6) is -0.420. The van der Waals surface area contributed by atoms with E-state index in [0.717, 1.165) is 44.9 Å². The minimum atomic E-state index is -0.420. The first-order chi connectivity index (χ1) is 10.3. The number of unbranched alkanes of at least 4 members (excludes halogenated alkanes) is 5. The predicted octanol–water partition coefficient (Wildman–Crippen LogP) is 5.66. The summed E-state index contributed by atoms with van der Waals surface area (Å²) in [6, 6.07) is 0. The summed E-state index contributed by atoms with van der Waals surface area (Å²) in [5, 5.41) is 3.86. The second-order valence-corrected chi connectivity index (χ2v) is 4.97. The molecule has 0 aromatic heterocycles. The summed E-state index contributed by atoms with van der Waals surface area (Å²) in [6.45, 7) is 2.15. The molecule has 0 aromatic carbocycles. The molecule has 0 radical (unpaired) electrons. The lowest BCUT2D eigenvalue weighted by Crippen LogP contribution is -1.93. The lowest BCUT2D eigenvalue weighted by Gasteiger charge is -1.98. The second kappa shape index (κ2) is 15.7. The molecule has 0 saturated carbocycles. The van der Waals surface area contributed by atoms with Gasteiger partial charge in [-0.1, -0.05) is 62.6 Å². The molecule has 1 N–H and O–H groups in total. The zero-order valence-electron chi connectivity index (χ0n) is 13.9. The van der Waals surface area contributed by atoms with Gasteiger partial charge in [-0.25, -0.2) is 0 Å². The summed E-state index contributed by atoms with van der Waals surface area (Å²) >= 11 is 0. The molecule has 2 nitrogen and oxygen atoms in total. The summed E-state index contributed by atoms with van der Waals surface area (Å²) in [6.07, 6.45) is 23.4. The maximum absolute atomic E-state index is 10.7. The van der Waals surface area contributed by atoms with E-state index in [1.54, 1.807) is 0 Å². The van der Waals surface area contributed by atoms with Gasteiger partial charge >= 0.3 is 5.97 Å². The molecule has 0 unspecified atom stereocenters. The number of aliphatic carboxylic acids is 1. The van der Waals surface area contributed by atoms with Gasteiger partial charge in [0.1, 0.15) is 0 Å². The molecule has 0 saturated heterocycles. The zero-order chi connectivity index (χ0) is 15.6. The Morgan fingerprint density at radius 1 is 0.900 bits per heavy atom. The predicted molar refractivity (Wildman–Crippen MR) is 86.9 cm³/mol. The highest BCUT2D eigenvalue weighted by Crippen LogP contribution is 2.07. The molecule has 0 aromatic rings. The maximum Gasteiger partial charge on any atom is 0.303 e. The third kappa shape index (κ3) is 16.7. The van der Waals surface area contributed by atoms with E-state index in [0.29, 0.717) is 6.42 Å². The van der Waals surface area contributed by atoms with Crippen LogP contribution in [0.2, 0.25) is 0 Å². The molecule has 0 aliphatic rings. The quantitative estimate of drug-likeness (QED) is 0.349. The fraction of sp³-hybridized carbons (Fsp3) is 0.611. The number of hydrogen-bond donors (Lipinski definition) is 1. The van der Waals surface area contributed by atoms with Crippen LogP contribution in [0, 0.1) is 0 Å². The van der Waals surface area contributed by atoms with E-state index in [2.05, 4.69) is 48.5 Å². The first-order valence-electron chi connectivity index (χ1n) is 8.33. The molecule has 114 valence electrons. The lowest BCUT2D eigenvalue weighted by atomic mass is 10.1. The third-order valence-corrected chi connectivity index (χ3v) is 3.03. The minimum absolute atomic E-state index is 0.378. The molecular formula is C18H30O2. The molecule has 0 fully saturated rings. The van der Waals surface area contributed by atoms with Crippen molar-refractivity contribution in [3.05, 3.63) is 36.5 Å². The van der Waals surface area contributed by atoms with Crippen molar-refractivity contribution < 1.29 is 9.90 Å². The molecule has 0 heterocycles. The third-order valence-electron chi connectivity index (χ3n) is 3.03. The van der Waals surface area contributed by atoms with Crippen molar-refractivity contribution in [1.29, 1.82) is 1.43 Å². The van der Waals surface area contributed by atoms with Gasteiger partial charge in [0.2, 0.25) is 0 Å². The molecule has 0 spiro atoms. The zero-order valence-corrected chi connectivity index (χ0v) is 12.9. The Hall–Kier alpha value is -1.31. The maximum atomic E-state index is 10.7. The average Bonchev–Trinajstić information content (AvgIpc) is 2.50. The molecule has 20 heavy (non-hydrogen) atoms. The highest BCUT2D eigenvalue weighted by Gasteiger charge is 1.95. The van der Waals surface area contributed by atoms with Crippen LogP contribution in [0.3, 0.4) is 0 Å². The molecule has 0 amide bonds. The second-order valence-electron chi connectivity index (χ2n) is 4.97. The van der Waals surface area contributed by atoms with Crippen LogP contribution in [0.4, 0.5) is 0 Å². The van der Waals surface area contributed by atoms with E-state index in [1.807, 2.05) is 0 Å². The monoisotopic (exact) mass is 279 g/mol. The Morgan fingerprint density at radius 3 is 2.20 bits per heavy atom. The van der Waals surface area contributed by atoms with Crippen molar-refractivity contribution in [3.8, 4) is 0 Å². The van der Waals surface area contributed by atoms with Crippen LogP contribution in [0.25, 0.3) is 1.43 Å². The summed E-state index contributed by atoms with van der Waals surface area (Å²) in [4.78, 5) is 10.7. The fourth-order valence-corrected chi connectivity index (χ4v) is 1.89. The normalized spacial score (nSPS) is 12.6. The van der Waals surface area contributed by atoms with Crippen molar-refractivity contribution >= 4 is 5.97 Å². The van der Waals surface area contributed by atoms with Gasteiger partial charge in [0.05, 0.1) is 0 Å². The number of hydrogen-bond acceptors (Lipinski definition) is 2. The van der Waals surface area contributed by atoms with Crippen molar-refractivity contribution in [2.75, 3.05) is 0 Å². The van der Waals surface area contributed by atoms with Crippen LogP contribution in [0.5, 0.6) is 0 Å². The number of carboxylic acids is 1. The van der Waals surface area contributed by atoms with Gasteiger partial charge in [-0.3, -0.25) is 4.79 Å². The highest BCUT2D eigenvalue weighted by atomic mass is 16.4. The van der Waals surface area contributed by atoms with E-state index in [-0.39, 0.29) is 0 Å². The van der Waals surface area contributed by atoms with E-state index in [9.17, 15) is 4.79 Å². The first kappa shape index (κ1) is 16.7. The van der Waals surface area contributed by atoms with Gasteiger partial charge in [0.15, 0.2) is 0 Å². The van der Waals surface area contributed by atoms with Crippen LogP contribution in [-0.2, 0) is 4.79 Å². The smallest absolute Gasteiger partial charge is 0.303 e. The number of rotatable bonds is 13. The van der Waals surface area contributed by atoms with Crippen LogP contribution >= 0.6 is 0 Å². The molecule has 0 aliphatic carbocycles. The molecule has 2 heteroatoms. The van der Waals surface area contributed by atoms with Crippen LogP contribution in [0.1, 0.15) is 71.1 Å². The molecule has 0 aliphatic heterocycles. The Bertz CT molecular complexity index is 319. The van der Waals surface area contributed by atoms with Crippen LogP contribution in [-0.4, -0.2) is 11.1 Å². The molecular weight excluding hydrogens is 248 g/mol. The van der Waals surface area contributed by atoms with Crippen LogP contribution < -0.4 is 0 Å².